The Kier molecular flexibility index (Phi) is 4.92. The van der Waals surface area contributed by atoms with Crippen molar-refractivity contribution in [3.8, 4) is 0 Å². The summed E-state index contributed by atoms with van der Waals surface area (Å²) in [5, 5.41) is 11.9. The molecule has 4 N–H and O–H groups in total. The average molecular weight is 264 g/mol. The number of anilines is 1. The van der Waals surface area contributed by atoms with E-state index in [1.807, 2.05) is 0 Å². The summed E-state index contributed by atoms with van der Waals surface area (Å²) in [4.78, 5) is 23.2. The number of carbonyl (C=O) groups is 2. The monoisotopic (exact) mass is 264 g/mol. The molecule has 0 atom stereocenters. The van der Waals surface area contributed by atoms with Crippen molar-refractivity contribution in [2.75, 3.05) is 5.73 Å². The highest BCUT2D eigenvalue weighted by molar-refractivity contribution is 5.88. The Morgan fingerprint density at radius 1 is 1.32 bits per heavy atom. The van der Waals surface area contributed by atoms with Gasteiger partial charge in [0, 0.05) is 5.69 Å². The van der Waals surface area contributed by atoms with Gasteiger partial charge in [-0.2, -0.15) is 0 Å². The predicted molar refractivity (Wildman–Crippen MR) is 73.6 cm³/mol. The van der Waals surface area contributed by atoms with Gasteiger partial charge >= 0.3 is 5.97 Å². The molecule has 0 heterocycles. The number of nitrogens with two attached hydrogens (primary N) is 1. The van der Waals surface area contributed by atoms with Crippen molar-refractivity contribution < 1.29 is 14.7 Å². The van der Waals surface area contributed by atoms with Crippen LogP contribution in [0.2, 0.25) is 0 Å². The number of nitrogens with one attached hydrogen (secondary N) is 1. The number of hydrogen-bond acceptors (Lipinski definition) is 3. The lowest BCUT2D eigenvalue weighted by atomic mass is 9.92. The van der Waals surface area contributed by atoms with Crippen LogP contribution in [0.5, 0.6) is 0 Å². The van der Waals surface area contributed by atoms with E-state index < -0.39 is 11.5 Å². The van der Waals surface area contributed by atoms with Crippen molar-refractivity contribution in [3.63, 3.8) is 0 Å². The Morgan fingerprint density at radius 2 is 1.95 bits per heavy atom. The van der Waals surface area contributed by atoms with E-state index in [0.29, 0.717) is 18.5 Å². The standard InChI is InChI=1S/C14H20N2O3/c1-3-14(4-2,13(18)19)16-12(17)9-10-6-5-7-11(15)8-10/h5-8H,3-4,9,15H2,1-2H3,(H,16,17)(H,18,19). The first-order valence-corrected chi connectivity index (χ1v) is 6.32. The first-order valence-electron chi connectivity index (χ1n) is 6.32. The molecule has 19 heavy (non-hydrogen) atoms. The molecule has 104 valence electrons. The SMILES string of the molecule is CCC(CC)(NC(=O)Cc1cccc(N)c1)C(=O)O. The van der Waals surface area contributed by atoms with Crippen LogP contribution < -0.4 is 11.1 Å². The first-order chi connectivity index (χ1) is 8.93. The second kappa shape index (κ2) is 6.22. The number of carboxylic acid groups (broad SMARTS) is 1. The molecule has 1 amide bonds. The summed E-state index contributed by atoms with van der Waals surface area (Å²) in [5.41, 5.74) is 5.80. The highest BCUT2D eigenvalue weighted by atomic mass is 16.4. The summed E-state index contributed by atoms with van der Waals surface area (Å²) in [6.07, 6.45) is 0.822. The lowest BCUT2D eigenvalue weighted by Gasteiger charge is -2.28. The summed E-state index contributed by atoms with van der Waals surface area (Å²) in [6, 6.07) is 7.00. The van der Waals surface area contributed by atoms with Crippen LogP contribution in [0.25, 0.3) is 0 Å². The molecule has 5 heteroatoms. The van der Waals surface area contributed by atoms with E-state index in [-0.39, 0.29) is 12.3 Å². The second-order valence-electron chi connectivity index (χ2n) is 4.56. The third-order valence-corrected chi connectivity index (χ3v) is 3.31. The molecule has 0 aliphatic carbocycles. The molecule has 0 aliphatic rings. The molecule has 0 aliphatic heterocycles. The fourth-order valence-corrected chi connectivity index (χ4v) is 1.98. The normalized spacial score (nSPS) is 11.1. The Morgan fingerprint density at radius 3 is 2.42 bits per heavy atom. The first kappa shape index (κ1) is 15.0. The summed E-state index contributed by atoms with van der Waals surface area (Å²) in [5.74, 6) is -1.31. The number of amides is 1. The van der Waals surface area contributed by atoms with Gasteiger partial charge in [0.25, 0.3) is 0 Å². The van der Waals surface area contributed by atoms with Gasteiger partial charge in [-0.05, 0) is 30.5 Å². The lowest BCUT2D eigenvalue weighted by molar-refractivity contribution is -0.148. The van der Waals surface area contributed by atoms with Gasteiger partial charge in [0.2, 0.25) is 5.91 Å². The zero-order chi connectivity index (χ0) is 14.5. The van der Waals surface area contributed by atoms with E-state index in [2.05, 4.69) is 5.32 Å². The van der Waals surface area contributed by atoms with Crippen molar-refractivity contribution in [1.29, 1.82) is 0 Å². The van der Waals surface area contributed by atoms with E-state index in [4.69, 9.17) is 5.73 Å². The predicted octanol–water partition coefficient (Wildman–Crippen LogP) is 1.57. The van der Waals surface area contributed by atoms with E-state index in [0.717, 1.165) is 5.56 Å². The highest BCUT2D eigenvalue weighted by Crippen LogP contribution is 2.16. The zero-order valence-electron chi connectivity index (χ0n) is 11.3. The van der Waals surface area contributed by atoms with E-state index in [1.165, 1.54) is 0 Å². The summed E-state index contributed by atoms with van der Waals surface area (Å²) in [7, 11) is 0. The topological polar surface area (TPSA) is 92.4 Å². The zero-order valence-corrected chi connectivity index (χ0v) is 11.3. The number of rotatable bonds is 6. The van der Waals surface area contributed by atoms with Crippen LogP contribution >= 0.6 is 0 Å². The van der Waals surface area contributed by atoms with Crippen molar-refractivity contribution in [2.24, 2.45) is 0 Å². The molecule has 5 nitrogen and oxygen atoms in total. The molecule has 0 aromatic heterocycles. The molecule has 0 bridgehead atoms. The molecule has 1 aromatic rings. The maximum atomic E-state index is 11.9. The minimum absolute atomic E-state index is 0.125. The van der Waals surface area contributed by atoms with Crippen molar-refractivity contribution in [3.05, 3.63) is 29.8 Å². The van der Waals surface area contributed by atoms with Crippen molar-refractivity contribution >= 4 is 17.6 Å². The minimum atomic E-state index is -1.18. The second-order valence-corrected chi connectivity index (χ2v) is 4.56. The lowest BCUT2D eigenvalue weighted by Crippen LogP contribution is -2.54. The molecular formula is C14H20N2O3. The van der Waals surface area contributed by atoms with E-state index >= 15 is 0 Å². The van der Waals surface area contributed by atoms with Gasteiger partial charge in [-0.1, -0.05) is 26.0 Å². The van der Waals surface area contributed by atoms with E-state index in [1.54, 1.807) is 38.1 Å². The molecule has 1 aromatic carbocycles. The fraction of sp³-hybridized carbons (Fsp3) is 0.429. The summed E-state index contributed by atoms with van der Waals surface area (Å²) in [6.45, 7) is 3.50. The third-order valence-electron chi connectivity index (χ3n) is 3.31. The van der Waals surface area contributed by atoms with Gasteiger partial charge in [0.05, 0.1) is 6.42 Å². The average Bonchev–Trinajstić information content (AvgIpc) is 2.35. The van der Waals surface area contributed by atoms with Gasteiger partial charge in [-0.3, -0.25) is 4.79 Å². The van der Waals surface area contributed by atoms with Gasteiger partial charge in [0.15, 0.2) is 0 Å². The Hall–Kier alpha value is -2.04. The van der Waals surface area contributed by atoms with Gasteiger partial charge in [-0.15, -0.1) is 0 Å². The van der Waals surface area contributed by atoms with Crippen LogP contribution in [-0.4, -0.2) is 22.5 Å². The van der Waals surface area contributed by atoms with Crippen LogP contribution in [0.15, 0.2) is 24.3 Å². The van der Waals surface area contributed by atoms with Crippen LogP contribution in [0, 0.1) is 0 Å². The minimum Gasteiger partial charge on any atom is -0.480 e. The summed E-state index contributed by atoms with van der Waals surface area (Å²) >= 11 is 0. The maximum Gasteiger partial charge on any atom is 0.329 e. The smallest absolute Gasteiger partial charge is 0.329 e. The largest absolute Gasteiger partial charge is 0.480 e. The van der Waals surface area contributed by atoms with Gasteiger partial charge in [0.1, 0.15) is 5.54 Å². The Labute approximate surface area is 112 Å². The molecule has 0 unspecified atom stereocenters. The third kappa shape index (κ3) is 3.71. The van der Waals surface area contributed by atoms with Crippen LogP contribution in [0.3, 0.4) is 0 Å². The molecule has 0 saturated heterocycles. The maximum absolute atomic E-state index is 11.9. The van der Waals surface area contributed by atoms with E-state index in [9.17, 15) is 14.7 Å². The fourth-order valence-electron chi connectivity index (χ4n) is 1.98. The van der Waals surface area contributed by atoms with Gasteiger partial charge in [-0.25, -0.2) is 4.79 Å². The van der Waals surface area contributed by atoms with Crippen LogP contribution in [-0.2, 0) is 16.0 Å². The molecule has 0 fully saturated rings. The Balaban J connectivity index is 2.76. The summed E-state index contributed by atoms with van der Waals surface area (Å²) < 4.78 is 0. The number of hydrogen-bond donors (Lipinski definition) is 3. The molecule has 1 rings (SSSR count). The Bertz CT molecular complexity index is 468. The molecule has 0 radical (unpaired) electrons. The number of carbonyl (C=O) groups excluding carboxylic acids is 1. The van der Waals surface area contributed by atoms with Crippen LogP contribution in [0.4, 0.5) is 5.69 Å². The molecule has 0 spiro atoms. The van der Waals surface area contributed by atoms with Gasteiger partial charge < -0.3 is 16.2 Å². The molecule has 0 saturated carbocycles. The molecular weight excluding hydrogens is 244 g/mol. The number of benzene rings is 1. The highest BCUT2D eigenvalue weighted by Gasteiger charge is 2.36. The van der Waals surface area contributed by atoms with Crippen LogP contribution in [0.1, 0.15) is 32.3 Å². The number of aliphatic carboxylic acids is 1. The van der Waals surface area contributed by atoms with Crippen molar-refractivity contribution in [2.45, 2.75) is 38.6 Å². The number of nitrogen functional groups attached to an aromatic ring is 1. The van der Waals surface area contributed by atoms with Crippen molar-refractivity contribution in [1.82, 2.24) is 5.32 Å². The quantitative estimate of drug-likeness (QED) is 0.680. The number of carboxylic acids is 1.